The van der Waals surface area contributed by atoms with Crippen LogP contribution in [0.3, 0.4) is 0 Å². The largest absolute Gasteiger partial charge is 0.394 e. The van der Waals surface area contributed by atoms with Gasteiger partial charge in [0.1, 0.15) is 6.54 Å². The number of aliphatic hydroxyl groups is 2. The van der Waals surface area contributed by atoms with E-state index in [-0.39, 0.29) is 33.9 Å². The van der Waals surface area contributed by atoms with Crippen LogP contribution in [0.25, 0.3) is 23.1 Å². The van der Waals surface area contributed by atoms with Crippen LogP contribution in [-0.4, -0.2) is 67.5 Å². The average Bonchev–Trinajstić information content (AvgIpc) is 3.14. The molecule has 2 aromatic carbocycles. The molecule has 55 heavy (non-hydrogen) atoms. The highest BCUT2D eigenvalue weighted by atomic mass is 31.2. The zero-order chi connectivity index (χ0) is 37.9. The van der Waals surface area contributed by atoms with E-state index >= 15 is 0 Å². The molecule has 1 aromatic heterocycles. The summed E-state index contributed by atoms with van der Waals surface area (Å²) in [5.74, 6) is -0.203. The number of benzene rings is 2. The van der Waals surface area contributed by atoms with Crippen LogP contribution < -0.4 is 14.8 Å². The number of pyridine rings is 1. The molecular formula is C47H74N3O4P. The maximum Gasteiger partial charge on any atom is 0.239 e. The molecule has 2 atom stereocenters. The third kappa shape index (κ3) is 16.8. The Kier molecular flexibility index (Phi) is 22.5. The number of aryl methyl sites for hydroxylation is 2. The first kappa shape index (κ1) is 47.9. The molecule has 3 N–H and O–H groups in total. The Hall–Kier alpha value is -3.25. The predicted molar refractivity (Wildman–Crippen MR) is 237 cm³/mol. The number of aromatic nitrogens is 1. The van der Waals surface area contributed by atoms with E-state index in [1.807, 2.05) is 19.4 Å². The highest BCUT2D eigenvalue weighted by Gasteiger charge is 2.23. The van der Waals surface area contributed by atoms with Crippen LogP contribution in [0.2, 0.25) is 0 Å². The van der Waals surface area contributed by atoms with Crippen molar-refractivity contribution in [1.82, 2.24) is 5.32 Å². The molecule has 306 valence electrons. The van der Waals surface area contributed by atoms with Crippen LogP contribution in [-0.2, 0) is 22.3 Å². The fourth-order valence-electron chi connectivity index (χ4n) is 7.38. The Morgan fingerprint density at radius 1 is 0.945 bits per heavy atom. The number of para-hydroxylation sites is 1. The molecule has 0 bridgehead atoms. The first-order valence-corrected chi connectivity index (χ1v) is 23.2. The molecule has 8 heteroatoms. The summed E-state index contributed by atoms with van der Waals surface area (Å²) >= 11 is 0. The number of amides is 1. The van der Waals surface area contributed by atoms with E-state index < -0.39 is 19.3 Å². The van der Waals surface area contributed by atoms with Crippen molar-refractivity contribution in [3.63, 3.8) is 0 Å². The first-order valence-electron chi connectivity index (χ1n) is 20.4. The van der Waals surface area contributed by atoms with Gasteiger partial charge in [0.05, 0.1) is 37.8 Å². The van der Waals surface area contributed by atoms with Gasteiger partial charge in [-0.3, -0.25) is 4.79 Å². The zero-order valence-corrected chi connectivity index (χ0v) is 34.7. The maximum atomic E-state index is 13.1. The van der Waals surface area contributed by atoms with E-state index in [2.05, 4.69) is 88.6 Å². The number of hydrogen-bond donors (Lipinski definition) is 3. The number of carbonyl (C=O) groups excluding carboxylic acids is 1. The Balaban J connectivity index is 0.00000523. The van der Waals surface area contributed by atoms with Crippen molar-refractivity contribution in [3.05, 3.63) is 91.0 Å². The van der Waals surface area contributed by atoms with Gasteiger partial charge in [0.15, 0.2) is 6.20 Å². The molecular weight excluding hydrogens is 702 g/mol. The van der Waals surface area contributed by atoms with Crippen LogP contribution >= 0.6 is 7.14 Å². The number of fused-ring (bicyclic) bond motifs is 2. The SMILES string of the molecule is C.CCCCCCCCCCCCC/C=C/C(O)C(CO)NC(=O)CN1CCCc2cc(C=Cc3cc[n+](CCCP(C)(C)=O)c4ccccc34)ccc21.[CH3-]. The topological polar surface area (TPSA) is 93.8 Å². The third-order valence-electron chi connectivity index (χ3n) is 10.4. The molecule has 4 rings (SSSR count). The van der Waals surface area contributed by atoms with E-state index in [0.717, 1.165) is 68.2 Å². The molecule has 1 aliphatic rings. The van der Waals surface area contributed by atoms with E-state index in [1.165, 1.54) is 80.7 Å². The number of aliphatic hydroxyl groups excluding tert-OH is 2. The summed E-state index contributed by atoms with van der Waals surface area (Å²) in [6.07, 6.45) is 28.0. The van der Waals surface area contributed by atoms with Gasteiger partial charge in [0.25, 0.3) is 0 Å². The second-order valence-electron chi connectivity index (χ2n) is 15.5. The Bertz CT molecular complexity index is 1670. The number of nitrogens with zero attached hydrogens (tertiary/aromatic N) is 2. The number of allylic oxidation sites excluding steroid dienone is 1. The fraction of sp³-hybridized carbons (Fsp3) is 0.553. The maximum absolute atomic E-state index is 13.1. The molecule has 2 heterocycles. The number of hydrogen-bond acceptors (Lipinski definition) is 5. The van der Waals surface area contributed by atoms with Gasteiger partial charge < -0.3 is 32.4 Å². The second-order valence-corrected chi connectivity index (χ2v) is 19.1. The van der Waals surface area contributed by atoms with Crippen LogP contribution in [0.15, 0.2) is 66.9 Å². The lowest BCUT2D eigenvalue weighted by Crippen LogP contribution is -2.49. The molecule has 0 radical (unpaired) electrons. The predicted octanol–water partition coefficient (Wildman–Crippen LogP) is 10.2. The summed E-state index contributed by atoms with van der Waals surface area (Å²) in [7, 11) is -2.03. The Labute approximate surface area is 334 Å². The summed E-state index contributed by atoms with van der Waals surface area (Å²) in [4.78, 5) is 15.2. The minimum absolute atomic E-state index is 0. The molecule has 0 spiro atoms. The van der Waals surface area contributed by atoms with Gasteiger partial charge in [-0.2, -0.15) is 4.57 Å². The molecule has 1 amide bonds. The van der Waals surface area contributed by atoms with Crippen molar-refractivity contribution in [2.75, 3.05) is 44.1 Å². The van der Waals surface area contributed by atoms with Gasteiger partial charge in [-0.15, -0.1) is 0 Å². The summed E-state index contributed by atoms with van der Waals surface area (Å²) in [5, 5.41) is 24.7. The lowest BCUT2D eigenvalue weighted by atomic mass is 9.98. The number of rotatable bonds is 24. The smallest absolute Gasteiger partial charge is 0.239 e. The standard InChI is InChI=1S/C45H66N3O4P.CH4.CH3/c1-4-5-6-7-8-9-10-11-12-13-14-15-16-24-44(50)41(36-49)46-45(51)35-48-30-19-21-39-34-37(26-28-42(39)48)25-27-38-29-32-47(31-20-33-53(2,3)52)43-23-18-17-22-40(38)43;;/h16-18,22-29,32,34,41,44,49-50H,4-15,19-21,30-31,33,35-36H2,1-3H3;1H4;1H3/q;;-1/p+1/b24-16+;;. The van der Waals surface area contributed by atoms with Gasteiger partial charge in [-0.25, -0.2) is 0 Å². The average molecular weight is 776 g/mol. The number of unbranched alkanes of at least 4 members (excludes halogenated alkanes) is 11. The van der Waals surface area contributed by atoms with E-state index in [0.29, 0.717) is 0 Å². The quantitative estimate of drug-likeness (QED) is 0.0277. The number of anilines is 1. The molecule has 0 fully saturated rings. The van der Waals surface area contributed by atoms with E-state index in [9.17, 15) is 19.6 Å². The lowest BCUT2D eigenvalue weighted by molar-refractivity contribution is -0.671. The van der Waals surface area contributed by atoms with Crippen LogP contribution in [0, 0.1) is 7.43 Å². The number of nitrogens with one attached hydrogen (secondary N) is 1. The summed E-state index contributed by atoms with van der Waals surface area (Å²) in [5.41, 5.74) is 5.71. The molecule has 0 saturated heterocycles. The first-order chi connectivity index (χ1) is 25.7. The van der Waals surface area contributed by atoms with Gasteiger partial charge in [-0.1, -0.05) is 121 Å². The van der Waals surface area contributed by atoms with Crippen molar-refractivity contribution in [3.8, 4) is 0 Å². The minimum Gasteiger partial charge on any atom is -0.394 e. The highest BCUT2D eigenvalue weighted by Crippen LogP contribution is 2.36. The molecule has 7 nitrogen and oxygen atoms in total. The van der Waals surface area contributed by atoms with Crippen LogP contribution in [0.1, 0.15) is 121 Å². The van der Waals surface area contributed by atoms with E-state index in [4.69, 9.17) is 0 Å². The van der Waals surface area contributed by atoms with Crippen LogP contribution in [0.5, 0.6) is 0 Å². The Morgan fingerprint density at radius 2 is 1.64 bits per heavy atom. The van der Waals surface area contributed by atoms with Gasteiger partial charge in [-0.05, 0) is 73.9 Å². The lowest BCUT2D eigenvalue weighted by Gasteiger charge is -2.31. The normalized spacial score (nSPS) is 14.1. The van der Waals surface area contributed by atoms with E-state index in [1.54, 1.807) is 6.08 Å². The molecule has 0 saturated carbocycles. The summed E-state index contributed by atoms with van der Waals surface area (Å²) < 4.78 is 14.5. The fourth-order valence-corrected chi connectivity index (χ4v) is 8.28. The molecule has 1 aliphatic heterocycles. The van der Waals surface area contributed by atoms with Crippen molar-refractivity contribution < 1.29 is 24.1 Å². The van der Waals surface area contributed by atoms with Crippen molar-refractivity contribution in [1.29, 1.82) is 0 Å². The van der Waals surface area contributed by atoms with Gasteiger partial charge in [0.2, 0.25) is 11.4 Å². The third-order valence-corrected chi connectivity index (χ3v) is 11.8. The highest BCUT2D eigenvalue weighted by molar-refractivity contribution is 7.62. The molecule has 2 unspecified atom stereocenters. The van der Waals surface area contributed by atoms with Gasteiger partial charge in [0, 0.05) is 36.9 Å². The number of carbonyl (C=O) groups is 1. The zero-order valence-electron chi connectivity index (χ0n) is 33.9. The second kappa shape index (κ2) is 25.8. The van der Waals surface area contributed by atoms with Crippen molar-refractivity contribution in [2.24, 2.45) is 0 Å². The summed E-state index contributed by atoms with van der Waals surface area (Å²) in [6.45, 7) is 7.46. The minimum atomic E-state index is -2.03. The van der Waals surface area contributed by atoms with Crippen molar-refractivity contribution in [2.45, 2.75) is 129 Å². The Morgan fingerprint density at radius 3 is 2.33 bits per heavy atom. The summed E-state index contributed by atoms with van der Waals surface area (Å²) in [6, 6.07) is 16.3. The molecule has 0 aliphatic carbocycles. The monoisotopic (exact) mass is 776 g/mol. The van der Waals surface area contributed by atoms with Gasteiger partial charge >= 0.3 is 0 Å². The van der Waals surface area contributed by atoms with Crippen LogP contribution in [0.4, 0.5) is 5.69 Å². The van der Waals surface area contributed by atoms with Crippen molar-refractivity contribution >= 4 is 41.8 Å². The molecule has 3 aromatic rings.